The zero-order valence-electron chi connectivity index (χ0n) is 12.3. The van der Waals surface area contributed by atoms with Gasteiger partial charge in [0.2, 0.25) is 5.91 Å². The molecule has 3 nitrogen and oxygen atoms in total. The van der Waals surface area contributed by atoms with Gasteiger partial charge in [0.05, 0.1) is 6.61 Å². The first-order valence-corrected chi connectivity index (χ1v) is 7.34. The van der Waals surface area contributed by atoms with Crippen molar-refractivity contribution >= 4 is 11.6 Å². The Morgan fingerprint density at radius 3 is 2.67 bits per heavy atom. The molecule has 0 spiro atoms. The molecule has 0 saturated heterocycles. The summed E-state index contributed by atoms with van der Waals surface area (Å²) in [5, 5.41) is 2.92. The standard InChI is InChI=1S/C18H21NO2/c1-2-15-8-6-9-16(14-15)19-18(20)12-7-13-21-17-10-4-3-5-11-17/h3-6,8-11,14H,2,7,12-13H2,1H3,(H,19,20). The smallest absolute Gasteiger partial charge is 0.224 e. The molecule has 2 rings (SSSR count). The molecule has 0 aliphatic heterocycles. The van der Waals surface area contributed by atoms with Crippen molar-refractivity contribution in [1.82, 2.24) is 0 Å². The largest absolute Gasteiger partial charge is 0.494 e. The molecule has 110 valence electrons. The molecule has 0 unspecified atom stereocenters. The monoisotopic (exact) mass is 283 g/mol. The Kier molecular flexibility index (Phi) is 5.83. The fraction of sp³-hybridized carbons (Fsp3) is 0.278. The van der Waals surface area contributed by atoms with Crippen LogP contribution < -0.4 is 10.1 Å². The summed E-state index contributed by atoms with van der Waals surface area (Å²) in [5.41, 5.74) is 2.09. The topological polar surface area (TPSA) is 38.3 Å². The van der Waals surface area contributed by atoms with E-state index in [-0.39, 0.29) is 5.91 Å². The molecule has 1 amide bonds. The number of benzene rings is 2. The van der Waals surface area contributed by atoms with E-state index in [4.69, 9.17) is 4.74 Å². The summed E-state index contributed by atoms with van der Waals surface area (Å²) in [5.74, 6) is 0.869. The van der Waals surface area contributed by atoms with E-state index in [1.165, 1.54) is 5.56 Å². The van der Waals surface area contributed by atoms with Crippen LogP contribution in [-0.4, -0.2) is 12.5 Å². The Morgan fingerprint density at radius 1 is 1.10 bits per heavy atom. The van der Waals surface area contributed by atoms with E-state index in [1.807, 2.05) is 48.5 Å². The van der Waals surface area contributed by atoms with Crippen LogP contribution in [0.25, 0.3) is 0 Å². The van der Waals surface area contributed by atoms with E-state index in [9.17, 15) is 4.79 Å². The number of rotatable bonds is 7. The Balaban J connectivity index is 1.70. The van der Waals surface area contributed by atoms with Gasteiger partial charge in [0.25, 0.3) is 0 Å². The van der Waals surface area contributed by atoms with Gasteiger partial charge in [0, 0.05) is 12.1 Å². The van der Waals surface area contributed by atoms with Crippen molar-refractivity contribution in [2.24, 2.45) is 0 Å². The average molecular weight is 283 g/mol. The Labute approximate surface area is 126 Å². The van der Waals surface area contributed by atoms with Crippen molar-refractivity contribution in [2.75, 3.05) is 11.9 Å². The molecule has 0 radical (unpaired) electrons. The number of carbonyl (C=O) groups excluding carboxylic acids is 1. The van der Waals surface area contributed by atoms with E-state index < -0.39 is 0 Å². The second kappa shape index (κ2) is 8.10. The van der Waals surface area contributed by atoms with Gasteiger partial charge in [-0.25, -0.2) is 0 Å². The van der Waals surface area contributed by atoms with Crippen molar-refractivity contribution in [3.63, 3.8) is 0 Å². The first-order chi connectivity index (χ1) is 10.3. The maximum absolute atomic E-state index is 11.9. The van der Waals surface area contributed by atoms with Crippen molar-refractivity contribution < 1.29 is 9.53 Å². The number of hydrogen-bond acceptors (Lipinski definition) is 2. The van der Waals surface area contributed by atoms with E-state index in [0.29, 0.717) is 19.4 Å². The molecule has 3 heteroatoms. The molecule has 0 saturated carbocycles. The first-order valence-electron chi connectivity index (χ1n) is 7.34. The molecule has 1 N–H and O–H groups in total. The van der Waals surface area contributed by atoms with Crippen LogP contribution in [-0.2, 0) is 11.2 Å². The third kappa shape index (κ3) is 5.30. The molecule has 2 aromatic carbocycles. The Hall–Kier alpha value is -2.29. The lowest BCUT2D eigenvalue weighted by Crippen LogP contribution is -2.12. The van der Waals surface area contributed by atoms with E-state index >= 15 is 0 Å². The van der Waals surface area contributed by atoms with Crippen LogP contribution in [0.15, 0.2) is 54.6 Å². The molecule has 0 aromatic heterocycles. The molecule has 0 atom stereocenters. The third-order valence-electron chi connectivity index (χ3n) is 3.18. The number of amides is 1. The van der Waals surface area contributed by atoms with Gasteiger partial charge in [0.1, 0.15) is 5.75 Å². The molecule has 0 aliphatic carbocycles. The Morgan fingerprint density at radius 2 is 1.90 bits per heavy atom. The maximum Gasteiger partial charge on any atom is 0.224 e. The predicted molar refractivity (Wildman–Crippen MR) is 85.6 cm³/mol. The molecule has 2 aromatic rings. The molecule has 0 heterocycles. The highest BCUT2D eigenvalue weighted by molar-refractivity contribution is 5.90. The van der Waals surface area contributed by atoms with Gasteiger partial charge in [0.15, 0.2) is 0 Å². The van der Waals surface area contributed by atoms with Crippen LogP contribution in [0.4, 0.5) is 5.69 Å². The minimum atomic E-state index is 0.0277. The van der Waals surface area contributed by atoms with E-state index in [1.54, 1.807) is 0 Å². The van der Waals surface area contributed by atoms with Crippen molar-refractivity contribution in [2.45, 2.75) is 26.2 Å². The van der Waals surface area contributed by atoms with Crippen LogP contribution >= 0.6 is 0 Å². The zero-order valence-corrected chi connectivity index (χ0v) is 12.3. The van der Waals surface area contributed by atoms with Crippen LogP contribution in [0.5, 0.6) is 5.75 Å². The molecular weight excluding hydrogens is 262 g/mol. The fourth-order valence-corrected chi connectivity index (χ4v) is 2.03. The van der Waals surface area contributed by atoms with Crippen LogP contribution in [0.2, 0.25) is 0 Å². The summed E-state index contributed by atoms with van der Waals surface area (Å²) in [6.07, 6.45) is 2.13. The second-order valence-electron chi connectivity index (χ2n) is 4.87. The summed E-state index contributed by atoms with van der Waals surface area (Å²) in [4.78, 5) is 11.9. The zero-order chi connectivity index (χ0) is 14.9. The highest BCUT2D eigenvalue weighted by Gasteiger charge is 2.03. The molecule has 0 fully saturated rings. The van der Waals surface area contributed by atoms with Gasteiger partial charge >= 0.3 is 0 Å². The number of aryl methyl sites for hydroxylation is 1. The summed E-state index contributed by atoms with van der Waals surface area (Å²) < 4.78 is 5.56. The highest BCUT2D eigenvalue weighted by atomic mass is 16.5. The van der Waals surface area contributed by atoms with Crippen molar-refractivity contribution in [3.05, 3.63) is 60.2 Å². The number of hydrogen-bond donors (Lipinski definition) is 1. The lowest BCUT2D eigenvalue weighted by Gasteiger charge is -2.08. The number of para-hydroxylation sites is 1. The quantitative estimate of drug-likeness (QED) is 0.779. The third-order valence-corrected chi connectivity index (χ3v) is 3.18. The average Bonchev–Trinajstić information content (AvgIpc) is 2.53. The minimum absolute atomic E-state index is 0.0277. The second-order valence-corrected chi connectivity index (χ2v) is 4.87. The summed E-state index contributed by atoms with van der Waals surface area (Å²) in [7, 11) is 0. The minimum Gasteiger partial charge on any atom is -0.494 e. The predicted octanol–water partition coefficient (Wildman–Crippen LogP) is 4.05. The molecule has 0 aliphatic rings. The molecule has 21 heavy (non-hydrogen) atoms. The van der Waals surface area contributed by atoms with Crippen LogP contribution in [0.1, 0.15) is 25.3 Å². The summed E-state index contributed by atoms with van der Waals surface area (Å²) in [6, 6.07) is 17.6. The number of nitrogens with one attached hydrogen (secondary N) is 1. The van der Waals surface area contributed by atoms with Gasteiger partial charge in [-0.05, 0) is 42.7 Å². The van der Waals surface area contributed by atoms with Crippen LogP contribution in [0, 0.1) is 0 Å². The normalized spacial score (nSPS) is 10.1. The first kappa shape index (κ1) is 15.1. The van der Waals surface area contributed by atoms with Gasteiger partial charge in [-0.1, -0.05) is 37.3 Å². The van der Waals surface area contributed by atoms with Crippen molar-refractivity contribution in [1.29, 1.82) is 0 Å². The van der Waals surface area contributed by atoms with Crippen molar-refractivity contribution in [3.8, 4) is 5.75 Å². The summed E-state index contributed by atoms with van der Waals surface area (Å²) >= 11 is 0. The fourth-order valence-electron chi connectivity index (χ4n) is 2.03. The van der Waals surface area contributed by atoms with Gasteiger partial charge in [-0.2, -0.15) is 0 Å². The van der Waals surface area contributed by atoms with Gasteiger partial charge < -0.3 is 10.1 Å². The Bertz CT molecular complexity index is 566. The van der Waals surface area contributed by atoms with Crippen LogP contribution in [0.3, 0.4) is 0 Å². The highest BCUT2D eigenvalue weighted by Crippen LogP contribution is 2.12. The maximum atomic E-state index is 11.9. The van der Waals surface area contributed by atoms with E-state index in [0.717, 1.165) is 17.9 Å². The number of ether oxygens (including phenoxy) is 1. The number of anilines is 1. The lowest BCUT2D eigenvalue weighted by molar-refractivity contribution is -0.116. The van der Waals surface area contributed by atoms with Gasteiger partial charge in [-0.3, -0.25) is 4.79 Å². The molecular formula is C18H21NO2. The number of carbonyl (C=O) groups is 1. The van der Waals surface area contributed by atoms with E-state index in [2.05, 4.69) is 18.3 Å². The van der Waals surface area contributed by atoms with Gasteiger partial charge in [-0.15, -0.1) is 0 Å². The summed E-state index contributed by atoms with van der Waals surface area (Å²) in [6.45, 7) is 2.65. The molecule has 0 bridgehead atoms. The lowest BCUT2D eigenvalue weighted by atomic mass is 10.1. The SMILES string of the molecule is CCc1cccc(NC(=O)CCCOc2ccccc2)c1.